The highest BCUT2D eigenvalue weighted by Gasteiger charge is 2.31. The van der Waals surface area contributed by atoms with Gasteiger partial charge in [-0.1, -0.05) is 22.4 Å². The van der Waals surface area contributed by atoms with Crippen molar-refractivity contribution < 1.29 is 8.42 Å². The van der Waals surface area contributed by atoms with Crippen molar-refractivity contribution >= 4 is 53.2 Å². The molecule has 1 saturated carbocycles. The van der Waals surface area contributed by atoms with E-state index in [1.165, 1.54) is 11.3 Å². The van der Waals surface area contributed by atoms with Gasteiger partial charge in [0.1, 0.15) is 0 Å². The van der Waals surface area contributed by atoms with Gasteiger partial charge in [0.05, 0.1) is 8.68 Å². The molecule has 0 radical (unpaired) electrons. The predicted octanol–water partition coefficient (Wildman–Crippen LogP) is 3.66. The molecule has 7 heteroatoms. The summed E-state index contributed by atoms with van der Waals surface area (Å²) in [5, 5.41) is 0.854. The largest absolute Gasteiger partial charge is 0.241 e. The standard InChI is InChI=1S/C11H15Br2NO2S2/c1-7-10(5-11(13)17-7)18(15,16)14-9-4-2-3-8(9)6-12/h5,8-9,14H,2-4,6H2,1H3. The van der Waals surface area contributed by atoms with Crippen molar-refractivity contribution in [3.05, 3.63) is 14.7 Å². The average molecular weight is 417 g/mol. The summed E-state index contributed by atoms with van der Waals surface area (Å²) in [7, 11) is -3.39. The number of alkyl halides is 1. The summed E-state index contributed by atoms with van der Waals surface area (Å²) in [6.45, 7) is 1.83. The fraction of sp³-hybridized carbons (Fsp3) is 0.636. The molecule has 1 fully saturated rings. The summed E-state index contributed by atoms with van der Waals surface area (Å²) in [5.74, 6) is 0.405. The zero-order chi connectivity index (χ0) is 13.3. The van der Waals surface area contributed by atoms with Crippen molar-refractivity contribution in [1.29, 1.82) is 0 Å². The van der Waals surface area contributed by atoms with Crippen molar-refractivity contribution in [2.45, 2.75) is 37.1 Å². The molecule has 1 aromatic rings. The lowest BCUT2D eigenvalue weighted by Crippen LogP contribution is -2.37. The topological polar surface area (TPSA) is 46.2 Å². The van der Waals surface area contributed by atoms with Gasteiger partial charge in [-0.15, -0.1) is 11.3 Å². The zero-order valence-electron chi connectivity index (χ0n) is 9.95. The Hall–Kier alpha value is 0.570. The van der Waals surface area contributed by atoms with Crippen LogP contribution in [0.4, 0.5) is 0 Å². The number of thiophene rings is 1. The first kappa shape index (κ1) is 15.0. The Morgan fingerprint density at radius 2 is 2.22 bits per heavy atom. The van der Waals surface area contributed by atoms with E-state index in [-0.39, 0.29) is 6.04 Å². The third-order valence-electron chi connectivity index (χ3n) is 3.30. The first-order valence-corrected chi connectivity index (χ1v) is 9.99. The quantitative estimate of drug-likeness (QED) is 0.761. The molecule has 1 N–H and O–H groups in total. The van der Waals surface area contributed by atoms with Crippen LogP contribution in [0.5, 0.6) is 0 Å². The molecule has 102 valence electrons. The number of aryl methyl sites for hydroxylation is 1. The maximum atomic E-state index is 12.3. The first-order chi connectivity index (χ1) is 8.44. The minimum atomic E-state index is -3.39. The van der Waals surface area contributed by atoms with Gasteiger partial charge in [0.25, 0.3) is 0 Å². The van der Waals surface area contributed by atoms with E-state index < -0.39 is 10.0 Å². The van der Waals surface area contributed by atoms with Crippen LogP contribution in [0.1, 0.15) is 24.1 Å². The normalized spacial score (nSPS) is 24.6. The molecule has 0 aliphatic heterocycles. The Labute approximate surface area is 129 Å². The van der Waals surface area contributed by atoms with Gasteiger partial charge in [-0.3, -0.25) is 0 Å². The fourth-order valence-corrected chi connectivity index (χ4v) is 6.87. The molecule has 2 rings (SSSR count). The molecule has 1 aromatic heterocycles. The Morgan fingerprint density at radius 1 is 1.50 bits per heavy atom. The van der Waals surface area contributed by atoms with Crippen LogP contribution in [0.3, 0.4) is 0 Å². The second-order valence-electron chi connectivity index (χ2n) is 4.54. The van der Waals surface area contributed by atoms with Crippen molar-refractivity contribution in [3.63, 3.8) is 0 Å². The van der Waals surface area contributed by atoms with Crippen LogP contribution in [0.2, 0.25) is 0 Å². The van der Waals surface area contributed by atoms with Crippen LogP contribution in [-0.2, 0) is 10.0 Å². The first-order valence-electron chi connectivity index (χ1n) is 5.78. The minimum Gasteiger partial charge on any atom is -0.208 e. The Morgan fingerprint density at radius 3 is 2.78 bits per heavy atom. The van der Waals surface area contributed by atoms with Crippen molar-refractivity contribution in [2.75, 3.05) is 5.33 Å². The maximum absolute atomic E-state index is 12.3. The van der Waals surface area contributed by atoms with E-state index in [4.69, 9.17) is 0 Å². The highest BCUT2D eigenvalue weighted by molar-refractivity contribution is 9.11. The number of halogens is 2. The second-order valence-corrected chi connectivity index (χ2v) is 9.51. The summed E-state index contributed by atoms with van der Waals surface area (Å²) in [6.07, 6.45) is 3.11. The van der Waals surface area contributed by atoms with Crippen LogP contribution in [0, 0.1) is 12.8 Å². The molecule has 1 aliphatic rings. The summed E-state index contributed by atoms with van der Waals surface area (Å²) < 4.78 is 28.4. The number of hydrogen-bond acceptors (Lipinski definition) is 3. The molecule has 0 spiro atoms. The number of hydrogen-bond donors (Lipinski definition) is 1. The van der Waals surface area contributed by atoms with E-state index >= 15 is 0 Å². The molecule has 0 saturated heterocycles. The fourth-order valence-electron chi connectivity index (χ4n) is 2.34. The SMILES string of the molecule is Cc1sc(Br)cc1S(=O)(=O)NC1CCCC1CBr. The molecule has 2 atom stereocenters. The van der Waals surface area contributed by atoms with E-state index in [1.54, 1.807) is 6.07 Å². The monoisotopic (exact) mass is 415 g/mol. The molecule has 1 aliphatic carbocycles. The third-order valence-corrected chi connectivity index (χ3v) is 7.43. The van der Waals surface area contributed by atoms with Crippen LogP contribution in [0.25, 0.3) is 0 Å². The van der Waals surface area contributed by atoms with Gasteiger partial charge in [0.15, 0.2) is 0 Å². The number of sulfonamides is 1. The maximum Gasteiger partial charge on any atom is 0.241 e. The molecule has 3 nitrogen and oxygen atoms in total. The molecule has 0 bridgehead atoms. The van der Waals surface area contributed by atoms with Crippen LogP contribution in [0.15, 0.2) is 14.7 Å². The molecular weight excluding hydrogens is 402 g/mol. The summed E-state index contributed by atoms with van der Waals surface area (Å²) in [4.78, 5) is 1.22. The molecule has 2 unspecified atom stereocenters. The van der Waals surface area contributed by atoms with Crippen molar-refractivity contribution in [2.24, 2.45) is 5.92 Å². The summed E-state index contributed by atoms with van der Waals surface area (Å²) in [5.41, 5.74) is 0. The Kier molecular flexibility index (Phi) is 4.91. The third kappa shape index (κ3) is 3.17. The Balaban J connectivity index is 2.19. The zero-order valence-corrected chi connectivity index (χ0v) is 14.8. The molecule has 0 amide bonds. The second kappa shape index (κ2) is 5.91. The van der Waals surface area contributed by atoms with Crippen molar-refractivity contribution in [3.8, 4) is 0 Å². The minimum absolute atomic E-state index is 0.0625. The predicted molar refractivity (Wildman–Crippen MR) is 82.0 cm³/mol. The molecule has 18 heavy (non-hydrogen) atoms. The number of rotatable bonds is 4. The van der Waals surface area contributed by atoms with Gasteiger partial charge in [0.2, 0.25) is 10.0 Å². The lowest BCUT2D eigenvalue weighted by molar-refractivity contribution is 0.484. The average Bonchev–Trinajstić information content (AvgIpc) is 2.84. The lowest BCUT2D eigenvalue weighted by Gasteiger charge is -2.18. The van der Waals surface area contributed by atoms with Crippen LogP contribution >= 0.6 is 43.2 Å². The van der Waals surface area contributed by atoms with Crippen LogP contribution < -0.4 is 4.72 Å². The van der Waals surface area contributed by atoms with Crippen molar-refractivity contribution in [1.82, 2.24) is 4.72 Å². The van der Waals surface area contributed by atoms with Gasteiger partial charge in [0, 0.05) is 16.2 Å². The van der Waals surface area contributed by atoms with E-state index in [1.807, 2.05) is 6.92 Å². The highest BCUT2D eigenvalue weighted by atomic mass is 79.9. The Bertz CT molecular complexity index is 527. The number of nitrogens with one attached hydrogen (secondary N) is 1. The van der Waals surface area contributed by atoms with Gasteiger partial charge in [-0.2, -0.15) is 0 Å². The van der Waals surface area contributed by atoms with E-state index in [0.29, 0.717) is 10.8 Å². The summed E-state index contributed by atoms with van der Waals surface area (Å²) in [6, 6.07) is 1.74. The molecule has 1 heterocycles. The van der Waals surface area contributed by atoms with E-state index in [0.717, 1.165) is 33.3 Å². The van der Waals surface area contributed by atoms with Gasteiger partial charge in [-0.05, 0) is 47.7 Å². The highest BCUT2D eigenvalue weighted by Crippen LogP contribution is 2.32. The van der Waals surface area contributed by atoms with Crippen LogP contribution in [-0.4, -0.2) is 19.8 Å². The van der Waals surface area contributed by atoms with Gasteiger partial charge >= 0.3 is 0 Å². The summed E-state index contributed by atoms with van der Waals surface area (Å²) >= 11 is 8.24. The molecular formula is C11H15Br2NO2S2. The van der Waals surface area contributed by atoms with E-state index in [2.05, 4.69) is 36.6 Å². The van der Waals surface area contributed by atoms with Gasteiger partial charge in [-0.25, -0.2) is 13.1 Å². The van der Waals surface area contributed by atoms with E-state index in [9.17, 15) is 8.42 Å². The molecule has 0 aromatic carbocycles. The lowest BCUT2D eigenvalue weighted by atomic mass is 10.1. The van der Waals surface area contributed by atoms with Gasteiger partial charge < -0.3 is 0 Å². The smallest absolute Gasteiger partial charge is 0.208 e.